The molecule has 0 unspecified atom stereocenters. The predicted octanol–water partition coefficient (Wildman–Crippen LogP) is 2.29. The number of rotatable bonds is 7. The number of carbonyl (C=O) groups is 1. The minimum Gasteiger partial charge on any atom is -0.298 e. The molecule has 0 aliphatic heterocycles. The van der Waals surface area contributed by atoms with Crippen molar-refractivity contribution in [3.63, 3.8) is 0 Å². The van der Waals surface area contributed by atoms with Gasteiger partial charge < -0.3 is 0 Å². The molecule has 4 heteroatoms. The molecule has 1 aromatic heterocycles. The normalized spacial score (nSPS) is 10.1. The summed E-state index contributed by atoms with van der Waals surface area (Å²) in [4.78, 5) is 24.5. The maximum atomic E-state index is 11.2. The number of aromatic nitrogens is 1. The molecule has 0 aromatic carbocycles. The molecule has 88 valence electrons. The van der Waals surface area contributed by atoms with Crippen molar-refractivity contribution in [2.24, 2.45) is 0 Å². The third kappa shape index (κ3) is 5.46. The van der Waals surface area contributed by atoms with E-state index in [-0.39, 0.29) is 5.97 Å². The molecule has 0 saturated carbocycles. The Morgan fingerprint density at radius 2 is 2.38 bits per heavy atom. The minimum absolute atomic E-state index is 0.317. The second-order valence-corrected chi connectivity index (χ2v) is 3.49. The molecule has 0 N–H and O–H groups in total. The monoisotopic (exact) mass is 223 g/mol. The fourth-order valence-corrected chi connectivity index (χ4v) is 1.14. The van der Waals surface area contributed by atoms with E-state index in [4.69, 9.17) is 4.89 Å². The number of hydrogen-bond acceptors (Lipinski definition) is 4. The van der Waals surface area contributed by atoms with E-state index < -0.39 is 0 Å². The van der Waals surface area contributed by atoms with Crippen LogP contribution < -0.4 is 0 Å². The van der Waals surface area contributed by atoms with Gasteiger partial charge in [-0.3, -0.25) is 9.87 Å². The number of unbranched alkanes of at least 4 members (excludes halogenated alkanes) is 1. The van der Waals surface area contributed by atoms with E-state index in [1.54, 1.807) is 12.4 Å². The first-order chi connectivity index (χ1) is 7.83. The van der Waals surface area contributed by atoms with Crippen molar-refractivity contribution >= 4 is 5.97 Å². The number of hydrogen-bond donors (Lipinski definition) is 0. The Morgan fingerprint density at radius 1 is 1.50 bits per heavy atom. The molecule has 0 saturated heterocycles. The lowest BCUT2D eigenvalue weighted by molar-refractivity contribution is -0.272. The second kappa shape index (κ2) is 7.82. The highest BCUT2D eigenvalue weighted by Crippen LogP contribution is 2.01. The number of pyridine rings is 1. The van der Waals surface area contributed by atoms with Crippen molar-refractivity contribution in [2.75, 3.05) is 6.61 Å². The Hall–Kier alpha value is -1.42. The molecule has 1 rings (SSSR count). The largest absolute Gasteiger partial charge is 0.342 e. The molecule has 0 radical (unpaired) electrons. The zero-order chi connectivity index (χ0) is 11.6. The fraction of sp³-hybridized carbons (Fsp3) is 0.500. The molecule has 1 aromatic rings. The van der Waals surface area contributed by atoms with Crippen molar-refractivity contribution < 1.29 is 14.6 Å². The van der Waals surface area contributed by atoms with Gasteiger partial charge in [0.1, 0.15) is 0 Å². The van der Waals surface area contributed by atoms with Gasteiger partial charge in [0.25, 0.3) is 0 Å². The molecule has 4 nitrogen and oxygen atoms in total. The van der Waals surface area contributed by atoms with E-state index >= 15 is 0 Å². The lowest BCUT2D eigenvalue weighted by Gasteiger charge is -2.02. The number of nitrogens with zero attached hydrogens (tertiary/aromatic N) is 1. The molecule has 0 aliphatic rings. The standard InChI is InChI=1S/C12H17NO3/c1-2-3-9-15-16-12(14)7-6-11-5-4-8-13-10-11/h4-5,8,10H,2-3,6-7,9H2,1H3. The van der Waals surface area contributed by atoms with Crippen LogP contribution >= 0.6 is 0 Å². The Bertz CT molecular complexity index is 300. The molecule has 0 aliphatic carbocycles. The molecule has 1 heterocycles. The average Bonchev–Trinajstić information content (AvgIpc) is 2.33. The molecule has 0 fully saturated rings. The summed E-state index contributed by atoms with van der Waals surface area (Å²) in [5.41, 5.74) is 1.02. The topological polar surface area (TPSA) is 48.4 Å². The first kappa shape index (κ1) is 12.6. The minimum atomic E-state index is -0.333. The molecule has 16 heavy (non-hydrogen) atoms. The Morgan fingerprint density at radius 3 is 3.06 bits per heavy atom. The SMILES string of the molecule is CCCCOOC(=O)CCc1cccnc1. The van der Waals surface area contributed by atoms with Crippen LogP contribution in [0.25, 0.3) is 0 Å². The summed E-state index contributed by atoms with van der Waals surface area (Å²) >= 11 is 0. The van der Waals surface area contributed by atoms with Crippen LogP contribution in [-0.2, 0) is 21.0 Å². The highest BCUT2D eigenvalue weighted by atomic mass is 17.2. The van der Waals surface area contributed by atoms with Gasteiger partial charge in [-0.1, -0.05) is 19.4 Å². The summed E-state index contributed by atoms with van der Waals surface area (Å²) in [5.74, 6) is -0.333. The van der Waals surface area contributed by atoms with Crippen LogP contribution in [0, 0.1) is 0 Å². The second-order valence-electron chi connectivity index (χ2n) is 3.49. The van der Waals surface area contributed by atoms with Gasteiger partial charge in [-0.15, -0.1) is 0 Å². The van der Waals surface area contributed by atoms with Gasteiger partial charge in [-0.2, -0.15) is 4.89 Å². The first-order valence-electron chi connectivity index (χ1n) is 5.54. The Labute approximate surface area is 95.5 Å². The van der Waals surface area contributed by atoms with Crippen LogP contribution in [0.4, 0.5) is 0 Å². The number of carbonyl (C=O) groups excluding carboxylic acids is 1. The molecular formula is C12H17NO3. The van der Waals surface area contributed by atoms with E-state index in [0.717, 1.165) is 18.4 Å². The Kier molecular flexibility index (Phi) is 6.18. The zero-order valence-electron chi connectivity index (χ0n) is 9.52. The van der Waals surface area contributed by atoms with Crippen LogP contribution in [0.5, 0.6) is 0 Å². The van der Waals surface area contributed by atoms with Crippen LogP contribution in [0.2, 0.25) is 0 Å². The van der Waals surface area contributed by atoms with Gasteiger partial charge in [0.2, 0.25) is 0 Å². The average molecular weight is 223 g/mol. The first-order valence-corrected chi connectivity index (χ1v) is 5.54. The molecule has 0 spiro atoms. The van der Waals surface area contributed by atoms with E-state index in [2.05, 4.69) is 9.87 Å². The van der Waals surface area contributed by atoms with Crippen LogP contribution in [0.3, 0.4) is 0 Å². The van der Waals surface area contributed by atoms with Crippen molar-refractivity contribution in [1.29, 1.82) is 0 Å². The van der Waals surface area contributed by atoms with E-state index in [1.807, 2.05) is 19.1 Å². The van der Waals surface area contributed by atoms with Crippen molar-refractivity contribution in [3.8, 4) is 0 Å². The van der Waals surface area contributed by atoms with Crippen molar-refractivity contribution in [2.45, 2.75) is 32.6 Å². The van der Waals surface area contributed by atoms with Crippen LogP contribution in [-0.4, -0.2) is 17.6 Å². The van der Waals surface area contributed by atoms with Gasteiger partial charge in [0, 0.05) is 12.4 Å². The molecular weight excluding hydrogens is 206 g/mol. The zero-order valence-corrected chi connectivity index (χ0v) is 9.52. The van der Waals surface area contributed by atoms with Gasteiger partial charge in [-0.05, 0) is 24.5 Å². The Balaban J connectivity index is 2.11. The van der Waals surface area contributed by atoms with Gasteiger partial charge in [0.15, 0.2) is 0 Å². The molecule has 0 amide bonds. The van der Waals surface area contributed by atoms with Crippen molar-refractivity contribution in [1.82, 2.24) is 4.98 Å². The summed E-state index contributed by atoms with van der Waals surface area (Å²) in [6.07, 6.45) is 6.31. The van der Waals surface area contributed by atoms with Crippen LogP contribution in [0.15, 0.2) is 24.5 Å². The van der Waals surface area contributed by atoms with Crippen LogP contribution in [0.1, 0.15) is 31.7 Å². The predicted molar refractivity (Wildman–Crippen MR) is 59.5 cm³/mol. The molecule has 0 atom stereocenters. The summed E-state index contributed by atoms with van der Waals surface area (Å²) in [6.45, 7) is 2.52. The van der Waals surface area contributed by atoms with Gasteiger partial charge >= 0.3 is 5.97 Å². The van der Waals surface area contributed by atoms with E-state index in [9.17, 15) is 4.79 Å². The quantitative estimate of drug-likeness (QED) is 0.404. The highest BCUT2D eigenvalue weighted by Gasteiger charge is 2.04. The van der Waals surface area contributed by atoms with Crippen molar-refractivity contribution in [3.05, 3.63) is 30.1 Å². The van der Waals surface area contributed by atoms with E-state index in [0.29, 0.717) is 19.4 Å². The highest BCUT2D eigenvalue weighted by molar-refractivity contribution is 5.68. The lowest BCUT2D eigenvalue weighted by atomic mass is 10.2. The maximum absolute atomic E-state index is 11.2. The summed E-state index contributed by atoms with van der Waals surface area (Å²) in [5, 5.41) is 0. The molecule has 0 bridgehead atoms. The fourth-order valence-electron chi connectivity index (χ4n) is 1.14. The smallest absolute Gasteiger partial charge is 0.298 e. The summed E-state index contributed by atoms with van der Waals surface area (Å²) in [7, 11) is 0. The summed E-state index contributed by atoms with van der Waals surface area (Å²) in [6, 6.07) is 3.77. The van der Waals surface area contributed by atoms with Gasteiger partial charge in [0.05, 0.1) is 13.0 Å². The number of aryl methyl sites for hydroxylation is 1. The maximum Gasteiger partial charge on any atom is 0.342 e. The third-order valence-corrected chi connectivity index (χ3v) is 2.07. The third-order valence-electron chi connectivity index (χ3n) is 2.07. The van der Waals surface area contributed by atoms with Gasteiger partial charge in [-0.25, -0.2) is 4.79 Å². The van der Waals surface area contributed by atoms with E-state index in [1.165, 1.54) is 0 Å². The summed E-state index contributed by atoms with van der Waals surface area (Å²) < 4.78 is 0. The lowest BCUT2D eigenvalue weighted by Crippen LogP contribution is -2.07.